The number of aryl methyl sites for hydroxylation is 1. The van der Waals surface area contributed by atoms with Crippen LogP contribution in [0.4, 0.5) is 0 Å². The number of carbonyl (C=O) groups excluding carboxylic acids is 1. The zero-order valence-electron chi connectivity index (χ0n) is 16.2. The van der Waals surface area contributed by atoms with Crippen molar-refractivity contribution < 1.29 is 19.8 Å². The van der Waals surface area contributed by atoms with Crippen molar-refractivity contribution in [3.05, 3.63) is 47.5 Å². The van der Waals surface area contributed by atoms with Gasteiger partial charge in [-0.25, -0.2) is 4.79 Å². The lowest BCUT2D eigenvalue weighted by atomic mass is 9.84. The van der Waals surface area contributed by atoms with Crippen molar-refractivity contribution in [3.63, 3.8) is 0 Å². The van der Waals surface area contributed by atoms with E-state index in [4.69, 9.17) is 5.11 Å². The van der Waals surface area contributed by atoms with Crippen LogP contribution in [-0.2, 0) is 11.2 Å². The standard InChI is InChI=1S/C22H29NO4S/c24-19-16-28-22(23-19,15-5-13-21(27)11-2-1-3-12-21)14-4-6-17-7-9-18(10-8-17)20(25)26/h5,7-10,13,27H,1-4,6,11-12,14-16H2,(H,23,24)(H,25,26)/b13-5-. The van der Waals surface area contributed by atoms with Gasteiger partial charge in [-0.1, -0.05) is 43.5 Å². The molecule has 1 atom stereocenters. The van der Waals surface area contributed by atoms with E-state index in [1.165, 1.54) is 6.42 Å². The van der Waals surface area contributed by atoms with Crippen LogP contribution in [0.15, 0.2) is 36.4 Å². The van der Waals surface area contributed by atoms with Gasteiger partial charge in [0.15, 0.2) is 0 Å². The van der Waals surface area contributed by atoms with Crippen LogP contribution in [-0.4, -0.2) is 38.3 Å². The van der Waals surface area contributed by atoms with Crippen LogP contribution < -0.4 is 5.32 Å². The fourth-order valence-corrected chi connectivity index (χ4v) is 5.24. The molecule has 152 valence electrons. The maximum absolute atomic E-state index is 11.9. The van der Waals surface area contributed by atoms with E-state index in [1.807, 2.05) is 24.3 Å². The minimum atomic E-state index is -0.915. The lowest BCUT2D eigenvalue weighted by Gasteiger charge is -2.30. The third-order valence-corrected chi connectivity index (χ3v) is 7.12. The third kappa shape index (κ3) is 5.61. The second-order valence-electron chi connectivity index (χ2n) is 7.96. The maximum atomic E-state index is 11.9. The van der Waals surface area contributed by atoms with Gasteiger partial charge in [-0.2, -0.15) is 0 Å². The van der Waals surface area contributed by atoms with E-state index in [1.54, 1.807) is 23.9 Å². The molecule has 3 N–H and O–H groups in total. The first-order valence-corrected chi connectivity index (χ1v) is 11.1. The van der Waals surface area contributed by atoms with E-state index in [0.717, 1.165) is 50.5 Å². The molecule has 1 saturated heterocycles. The fraction of sp³-hybridized carbons (Fsp3) is 0.545. The summed E-state index contributed by atoms with van der Waals surface area (Å²) >= 11 is 1.65. The number of benzene rings is 1. The van der Waals surface area contributed by atoms with Crippen molar-refractivity contribution in [3.8, 4) is 0 Å². The third-order valence-electron chi connectivity index (χ3n) is 5.69. The number of amides is 1. The number of aliphatic hydroxyl groups is 1. The van der Waals surface area contributed by atoms with Gasteiger partial charge in [-0.15, -0.1) is 11.8 Å². The van der Waals surface area contributed by atoms with Gasteiger partial charge in [-0.3, -0.25) is 4.79 Å². The molecule has 1 amide bonds. The predicted molar refractivity (Wildman–Crippen MR) is 111 cm³/mol. The molecule has 1 aliphatic carbocycles. The Kier molecular flexibility index (Phi) is 6.83. The van der Waals surface area contributed by atoms with Crippen LogP contribution in [0.25, 0.3) is 0 Å². The minimum absolute atomic E-state index is 0.0700. The number of hydrogen-bond donors (Lipinski definition) is 3. The van der Waals surface area contributed by atoms with Crippen LogP contribution in [0.5, 0.6) is 0 Å². The summed E-state index contributed by atoms with van der Waals surface area (Å²) in [6, 6.07) is 6.98. The van der Waals surface area contributed by atoms with E-state index in [9.17, 15) is 14.7 Å². The molecule has 3 rings (SSSR count). The summed E-state index contributed by atoms with van der Waals surface area (Å²) in [6.07, 6.45) is 12.3. The van der Waals surface area contributed by atoms with Gasteiger partial charge in [0.05, 0.1) is 21.8 Å². The molecule has 1 saturated carbocycles. The second-order valence-corrected chi connectivity index (χ2v) is 9.32. The Balaban J connectivity index is 1.55. The monoisotopic (exact) mass is 403 g/mol. The van der Waals surface area contributed by atoms with Crippen LogP contribution in [0.2, 0.25) is 0 Å². The molecule has 28 heavy (non-hydrogen) atoms. The summed E-state index contributed by atoms with van der Waals surface area (Å²) in [7, 11) is 0. The number of nitrogens with one attached hydrogen (secondary N) is 1. The highest BCUT2D eigenvalue weighted by Gasteiger charge is 2.37. The topological polar surface area (TPSA) is 86.6 Å². The largest absolute Gasteiger partial charge is 0.478 e. The summed E-state index contributed by atoms with van der Waals surface area (Å²) in [5.41, 5.74) is 0.713. The lowest BCUT2D eigenvalue weighted by Crippen LogP contribution is -2.39. The highest BCUT2D eigenvalue weighted by Crippen LogP contribution is 2.37. The molecule has 2 fully saturated rings. The molecule has 1 aromatic carbocycles. The molecule has 2 aliphatic rings. The van der Waals surface area contributed by atoms with Crippen LogP contribution >= 0.6 is 11.8 Å². The number of rotatable bonds is 8. The Bertz CT molecular complexity index is 725. The predicted octanol–water partition coefficient (Wildman–Crippen LogP) is 3.91. The Morgan fingerprint density at radius 3 is 2.50 bits per heavy atom. The quantitative estimate of drug-likeness (QED) is 0.573. The highest BCUT2D eigenvalue weighted by atomic mass is 32.2. The Morgan fingerprint density at radius 1 is 1.18 bits per heavy atom. The molecule has 1 aromatic rings. The second kappa shape index (κ2) is 9.14. The number of carboxylic acids is 1. The molecule has 0 bridgehead atoms. The highest BCUT2D eigenvalue weighted by molar-refractivity contribution is 8.01. The van der Waals surface area contributed by atoms with Crippen molar-refractivity contribution >= 4 is 23.6 Å². The molecule has 0 spiro atoms. The lowest BCUT2D eigenvalue weighted by molar-refractivity contribution is -0.118. The van der Waals surface area contributed by atoms with Crippen molar-refractivity contribution in [1.29, 1.82) is 0 Å². The molecular weight excluding hydrogens is 374 g/mol. The SMILES string of the molecule is O=C1CSC(C/C=C\C2(O)CCCCC2)(CCCc2ccc(C(=O)O)cc2)N1. The average molecular weight is 404 g/mol. The number of thioether (sulfide) groups is 1. The summed E-state index contributed by atoms with van der Waals surface area (Å²) in [4.78, 5) is 22.5. The average Bonchev–Trinajstić information content (AvgIpc) is 3.03. The van der Waals surface area contributed by atoms with Gasteiger partial charge >= 0.3 is 5.97 Å². The zero-order valence-corrected chi connectivity index (χ0v) is 17.0. The molecule has 5 nitrogen and oxygen atoms in total. The Labute approximate surface area is 170 Å². The molecule has 0 radical (unpaired) electrons. The smallest absolute Gasteiger partial charge is 0.335 e. The normalized spacial score (nSPS) is 24.4. The first kappa shape index (κ1) is 20.9. The Morgan fingerprint density at radius 2 is 1.89 bits per heavy atom. The molecule has 6 heteroatoms. The zero-order chi connectivity index (χ0) is 20.0. The van der Waals surface area contributed by atoms with Crippen LogP contribution in [0, 0.1) is 0 Å². The fourth-order valence-electron chi connectivity index (χ4n) is 4.07. The summed E-state index contributed by atoms with van der Waals surface area (Å²) in [6.45, 7) is 0. The van der Waals surface area contributed by atoms with Crippen molar-refractivity contribution in [2.45, 2.75) is 68.3 Å². The molecule has 1 unspecified atom stereocenters. The summed E-state index contributed by atoms with van der Waals surface area (Å²) in [5, 5.41) is 22.8. The molecule has 1 heterocycles. The molecule has 0 aromatic heterocycles. The molecule has 1 aliphatic heterocycles. The van der Waals surface area contributed by atoms with Gasteiger partial charge in [0.25, 0.3) is 0 Å². The van der Waals surface area contributed by atoms with E-state index in [0.29, 0.717) is 17.7 Å². The Hall–Kier alpha value is -1.79. The van der Waals surface area contributed by atoms with E-state index in [2.05, 4.69) is 5.32 Å². The maximum Gasteiger partial charge on any atom is 0.335 e. The number of carboxylic acid groups (broad SMARTS) is 1. The minimum Gasteiger partial charge on any atom is -0.478 e. The first-order chi connectivity index (χ1) is 13.4. The van der Waals surface area contributed by atoms with E-state index in [-0.39, 0.29) is 10.8 Å². The first-order valence-electron chi connectivity index (χ1n) is 10.1. The summed E-state index contributed by atoms with van der Waals surface area (Å²) in [5.74, 6) is -0.367. The van der Waals surface area contributed by atoms with Gasteiger partial charge in [-0.05, 0) is 56.2 Å². The van der Waals surface area contributed by atoms with Gasteiger partial charge in [0.1, 0.15) is 0 Å². The summed E-state index contributed by atoms with van der Waals surface area (Å²) < 4.78 is 0. The number of carbonyl (C=O) groups is 2. The van der Waals surface area contributed by atoms with Crippen molar-refractivity contribution in [1.82, 2.24) is 5.32 Å². The van der Waals surface area contributed by atoms with E-state index < -0.39 is 11.6 Å². The van der Waals surface area contributed by atoms with Gasteiger partial charge in [0.2, 0.25) is 5.91 Å². The van der Waals surface area contributed by atoms with Crippen LogP contribution in [0.3, 0.4) is 0 Å². The number of hydrogen-bond acceptors (Lipinski definition) is 4. The van der Waals surface area contributed by atoms with Gasteiger partial charge < -0.3 is 15.5 Å². The number of aromatic carboxylic acids is 1. The van der Waals surface area contributed by atoms with E-state index >= 15 is 0 Å². The van der Waals surface area contributed by atoms with Gasteiger partial charge in [0, 0.05) is 0 Å². The molecular formula is C22H29NO4S. The van der Waals surface area contributed by atoms with Crippen molar-refractivity contribution in [2.24, 2.45) is 0 Å². The van der Waals surface area contributed by atoms with Crippen molar-refractivity contribution in [2.75, 3.05) is 5.75 Å². The van der Waals surface area contributed by atoms with Crippen LogP contribution in [0.1, 0.15) is 67.3 Å².